The second-order valence-electron chi connectivity index (χ2n) is 4.61. The molecule has 2 heterocycles. The molecule has 0 spiro atoms. The van der Waals surface area contributed by atoms with Crippen LogP contribution >= 0.6 is 22.9 Å². The SMILES string of the molecule is COc1ccc(Cl)cc1C(=O)Nc1nc2c(s1)CNCC2. The number of fused-ring (bicyclic) bond motifs is 1. The topological polar surface area (TPSA) is 63.2 Å². The summed E-state index contributed by atoms with van der Waals surface area (Å²) in [4.78, 5) is 18.0. The summed E-state index contributed by atoms with van der Waals surface area (Å²) in [7, 11) is 1.52. The summed E-state index contributed by atoms with van der Waals surface area (Å²) in [6.07, 6.45) is 0.891. The number of benzene rings is 1. The third-order valence-corrected chi connectivity index (χ3v) is 4.48. The molecule has 1 amide bonds. The lowest BCUT2D eigenvalue weighted by Gasteiger charge is -2.09. The molecule has 0 saturated carbocycles. The number of nitrogens with one attached hydrogen (secondary N) is 2. The van der Waals surface area contributed by atoms with Crippen molar-refractivity contribution in [1.29, 1.82) is 0 Å². The fourth-order valence-corrected chi connectivity index (χ4v) is 3.35. The third-order valence-electron chi connectivity index (χ3n) is 3.23. The minimum Gasteiger partial charge on any atom is -0.496 e. The lowest BCUT2D eigenvalue weighted by molar-refractivity contribution is 0.102. The van der Waals surface area contributed by atoms with Crippen molar-refractivity contribution in [2.45, 2.75) is 13.0 Å². The molecule has 3 rings (SSSR count). The largest absolute Gasteiger partial charge is 0.496 e. The third kappa shape index (κ3) is 3.02. The van der Waals surface area contributed by atoms with E-state index in [1.807, 2.05) is 0 Å². The lowest BCUT2D eigenvalue weighted by Crippen LogP contribution is -2.22. The van der Waals surface area contributed by atoms with Crippen LogP contribution in [-0.4, -0.2) is 24.5 Å². The Kier molecular flexibility index (Phi) is 4.10. The van der Waals surface area contributed by atoms with Crippen molar-refractivity contribution in [2.24, 2.45) is 0 Å². The standard InChI is InChI=1S/C14H14ClN3O2S/c1-20-11-3-2-8(15)6-9(11)13(19)18-14-17-10-4-5-16-7-12(10)21-14/h2-3,6,16H,4-5,7H2,1H3,(H,17,18,19). The zero-order valence-electron chi connectivity index (χ0n) is 11.4. The van der Waals surface area contributed by atoms with Crippen molar-refractivity contribution in [3.05, 3.63) is 39.4 Å². The van der Waals surface area contributed by atoms with E-state index in [0.717, 1.165) is 25.2 Å². The van der Waals surface area contributed by atoms with E-state index in [1.54, 1.807) is 18.2 Å². The number of rotatable bonds is 3. The average Bonchev–Trinajstić information content (AvgIpc) is 2.89. The van der Waals surface area contributed by atoms with Gasteiger partial charge < -0.3 is 10.1 Å². The second kappa shape index (κ2) is 6.01. The van der Waals surface area contributed by atoms with Crippen molar-refractivity contribution < 1.29 is 9.53 Å². The minimum atomic E-state index is -0.270. The number of anilines is 1. The first-order valence-electron chi connectivity index (χ1n) is 6.51. The Labute approximate surface area is 131 Å². The van der Waals surface area contributed by atoms with Gasteiger partial charge in [-0.2, -0.15) is 0 Å². The summed E-state index contributed by atoms with van der Waals surface area (Å²) in [5.74, 6) is 0.216. The number of ether oxygens (including phenoxy) is 1. The molecule has 2 aromatic rings. The van der Waals surface area contributed by atoms with Crippen LogP contribution in [0.2, 0.25) is 5.02 Å². The maximum atomic E-state index is 12.4. The quantitative estimate of drug-likeness (QED) is 0.911. The van der Waals surface area contributed by atoms with Crippen LogP contribution in [0.15, 0.2) is 18.2 Å². The second-order valence-corrected chi connectivity index (χ2v) is 6.13. The minimum absolute atomic E-state index is 0.270. The Morgan fingerprint density at radius 3 is 3.14 bits per heavy atom. The molecular weight excluding hydrogens is 310 g/mol. The summed E-state index contributed by atoms with van der Waals surface area (Å²) in [6, 6.07) is 4.95. The van der Waals surface area contributed by atoms with Gasteiger partial charge in [-0.3, -0.25) is 10.1 Å². The number of amides is 1. The zero-order chi connectivity index (χ0) is 14.8. The number of carbonyl (C=O) groups is 1. The van der Waals surface area contributed by atoms with Gasteiger partial charge in [0, 0.05) is 29.4 Å². The molecule has 110 valence electrons. The van der Waals surface area contributed by atoms with E-state index < -0.39 is 0 Å². The number of thiazole rings is 1. The molecule has 0 bridgehead atoms. The van der Waals surface area contributed by atoms with E-state index in [1.165, 1.54) is 23.3 Å². The van der Waals surface area contributed by atoms with Crippen molar-refractivity contribution >= 4 is 34.0 Å². The van der Waals surface area contributed by atoms with Gasteiger partial charge >= 0.3 is 0 Å². The van der Waals surface area contributed by atoms with Gasteiger partial charge in [-0.05, 0) is 18.2 Å². The van der Waals surface area contributed by atoms with Crippen LogP contribution in [-0.2, 0) is 13.0 Å². The Balaban J connectivity index is 1.83. The summed E-state index contributed by atoms with van der Waals surface area (Å²) in [5, 5.41) is 7.20. The fraction of sp³-hybridized carbons (Fsp3) is 0.286. The molecule has 7 heteroatoms. The molecule has 0 unspecified atom stereocenters. The van der Waals surface area contributed by atoms with Gasteiger partial charge in [0.2, 0.25) is 0 Å². The molecule has 21 heavy (non-hydrogen) atoms. The summed E-state index contributed by atoms with van der Waals surface area (Å²) in [6.45, 7) is 1.73. The van der Waals surface area contributed by atoms with E-state index in [9.17, 15) is 4.79 Å². The highest BCUT2D eigenvalue weighted by Crippen LogP contribution is 2.28. The number of aromatic nitrogens is 1. The molecule has 0 radical (unpaired) electrons. The summed E-state index contributed by atoms with van der Waals surface area (Å²) in [5.41, 5.74) is 1.46. The average molecular weight is 324 g/mol. The van der Waals surface area contributed by atoms with Crippen molar-refractivity contribution in [2.75, 3.05) is 19.0 Å². The molecule has 1 aliphatic rings. The van der Waals surface area contributed by atoms with Crippen LogP contribution in [0, 0.1) is 0 Å². The first-order chi connectivity index (χ1) is 10.2. The van der Waals surface area contributed by atoms with Crippen LogP contribution < -0.4 is 15.4 Å². The van der Waals surface area contributed by atoms with Gasteiger partial charge in [0.15, 0.2) is 5.13 Å². The van der Waals surface area contributed by atoms with Crippen LogP contribution in [0.1, 0.15) is 20.9 Å². The molecule has 1 aliphatic heterocycles. The number of nitrogens with zero attached hydrogens (tertiary/aromatic N) is 1. The van der Waals surface area contributed by atoms with E-state index >= 15 is 0 Å². The van der Waals surface area contributed by atoms with Crippen molar-refractivity contribution in [1.82, 2.24) is 10.3 Å². The van der Waals surface area contributed by atoms with E-state index in [2.05, 4.69) is 15.6 Å². The van der Waals surface area contributed by atoms with Crippen molar-refractivity contribution in [3.8, 4) is 5.75 Å². The highest BCUT2D eigenvalue weighted by Gasteiger charge is 2.18. The molecule has 1 aromatic carbocycles. The molecule has 0 saturated heterocycles. The first-order valence-corrected chi connectivity index (χ1v) is 7.71. The predicted molar refractivity (Wildman–Crippen MR) is 83.5 cm³/mol. The van der Waals surface area contributed by atoms with Gasteiger partial charge in [0.25, 0.3) is 5.91 Å². The van der Waals surface area contributed by atoms with Crippen molar-refractivity contribution in [3.63, 3.8) is 0 Å². The van der Waals surface area contributed by atoms with Gasteiger partial charge in [-0.1, -0.05) is 11.6 Å². The Hall–Kier alpha value is -1.63. The number of methoxy groups -OCH3 is 1. The fourth-order valence-electron chi connectivity index (χ4n) is 2.20. The normalized spacial score (nSPS) is 13.6. The molecule has 2 N–H and O–H groups in total. The van der Waals surface area contributed by atoms with Crippen LogP contribution in [0.25, 0.3) is 0 Å². The van der Waals surface area contributed by atoms with Gasteiger partial charge in [0.1, 0.15) is 5.75 Å². The summed E-state index contributed by atoms with van der Waals surface area (Å²) >= 11 is 7.44. The molecular formula is C14H14ClN3O2S. The van der Waals surface area contributed by atoms with Gasteiger partial charge in [0.05, 0.1) is 18.4 Å². The van der Waals surface area contributed by atoms with Gasteiger partial charge in [-0.15, -0.1) is 11.3 Å². The van der Waals surface area contributed by atoms with Crippen LogP contribution in [0.5, 0.6) is 5.75 Å². The highest BCUT2D eigenvalue weighted by molar-refractivity contribution is 7.15. The van der Waals surface area contributed by atoms with Crippen LogP contribution in [0.3, 0.4) is 0 Å². The zero-order valence-corrected chi connectivity index (χ0v) is 13.0. The molecule has 0 atom stereocenters. The Morgan fingerprint density at radius 2 is 2.38 bits per heavy atom. The smallest absolute Gasteiger partial charge is 0.261 e. The predicted octanol–water partition coefficient (Wildman–Crippen LogP) is 2.70. The van der Waals surface area contributed by atoms with Gasteiger partial charge in [-0.25, -0.2) is 4.98 Å². The maximum Gasteiger partial charge on any atom is 0.261 e. The highest BCUT2D eigenvalue weighted by atomic mass is 35.5. The Morgan fingerprint density at radius 1 is 1.52 bits per heavy atom. The molecule has 0 fully saturated rings. The van der Waals surface area contributed by atoms with Crippen LogP contribution in [0.4, 0.5) is 5.13 Å². The summed E-state index contributed by atoms with van der Waals surface area (Å²) < 4.78 is 5.19. The number of halogens is 1. The lowest BCUT2D eigenvalue weighted by atomic mass is 10.2. The molecule has 5 nitrogen and oxygen atoms in total. The Bertz CT molecular complexity index is 663. The molecule has 1 aromatic heterocycles. The number of hydrogen-bond acceptors (Lipinski definition) is 5. The molecule has 0 aliphatic carbocycles. The van der Waals surface area contributed by atoms with E-state index in [0.29, 0.717) is 21.5 Å². The first kappa shape index (κ1) is 14.3. The monoisotopic (exact) mass is 323 g/mol. The number of carbonyl (C=O) groups excluding carboxylic acids is 1. The van der Waals surface area contributed by atoms with E-state index in [4.69, 9.17) is 16.3 Å². The maximum absolute atomic E-state index is 12.4. The number of hydrogen-bond donors (Lipinski definition) is 2. The van der Waals surface area contributed by atoms with E-state index in [-0.39, 0.29) is 5.91 Å².